The summed E-state index contributed by atoms with van der Waals surface area (Å²) < 4.78 is 3.51. The van der Waals surface area contributed by atoms with Gasteiger partial charge in [0.2, 0.25) is 0 Å². The maximum atomic E-state index is 12.6. The topological polar surface area (TPSA) is 63.7 Å². The minimum atomic E-state index is -0.750. The van der Waals surface area contributed by atoms with Crippen LogP contribution in [0.25, 0.3) is 0 Å². The van der Waals surface area contributed by atoms with E-state index in [4.69, 9.17) is 4.84 Å². The van der Waals surface area contributed by atoms with Gasteiger partial charge in [-0.05, 0) is 124 Å². The lowest BCUT2D eigenvalue weighted by atomic mass is 10.1. The fraction of sp³-hybridized carbons (Fsp3) is 0. The average molecular weight is 803 g/mol. The van der Waals surface area contributed by atoms with Crippen LogP contribution < -0.4 is 0 Å². The first-order valence-electron chi connectivity index (χ1n) is 6.46. The maximum absolute atomic E-state index is 12.6. The summed E-state index contributed by atoms with van der Waals surface area (Å²) in [4.78, 5) is 42.6. The van der Waals surface area contributed by atoms with Crippen LogP contribution in [0.2, 0.25) is 0 Å². The van der Waals surface area contributed by atoms with E-state index in [0.29, 0.717) is 26.7 Å². The Balaban J connectivity index is 1.95. The van der Waals surface area contributed by atoms with Crippen LogP contribution in [0, 0.1) is 10.7 Å². The molecule has 0 saturated carbocycles. The number of fused-ring (bicyclic) bond motifs is 1. The highest BCUT2D eigenvalue weighted by atomic mass is 127. The van der Waals surface area contributed by atoms with Gasteiger partial charge in [-0.15, -0.1) is 0 Å². The van der Waals surface area contributed by atoms with Crippen LogP contribution in [0.4, 0.5) is 0 Å². The first-order valence-corrected chi connectivity index (χ1v) is 11.3. The molecule has 2 aromatic rings. The fourth-order valence-electron chi connectivity index (χ4n) is 2.14. The predicted octanol–water partition coefficient (Wildman–Crippen LogP) is 5.39. The number of hydrogen-bond donors (Lipinski definition) is 0. The summed E-state index contributed by atoms with van der Waals surface area (Å²) in [7, 11) is 0. The Bertz CT molecular complexity index is 923. The molecular formula is C15H4Br2I3NO4. The van der Waals surface area contributed by atoms with Crippen LogP contribution in [-0.4, -0.2) is 22.8 Å². The molecule has 10 heteroatoms. The second kappa shape index (κ2) is 7.67. The summed E-state index contributed by atoms with van der Waals surface area (Å²) in [6.07, 6.45) is 0. The van der Waals surface area contributed by atoms with E-state index in [1.165, 1.54) is 12.1 Å². The summed E-state index contributed by atoms with van der Waals surface area (Å²) in [5, 5.41) is 0.512. The fourth-order valence-corrected chi connectivity index (χ4v) is 5.15. The van der Waals surface area contributed by atoms with Crippen LogP contribution in [0.5, 0.6) is 0 Å². The standard InChI is InChI=1S/C15H4Br2I3NO4/c16-7-3-5-6(4-8(7)17)14(23)21(13(5)22)25-15(24)11-9(18)1-2-10(19)12(11)20/h1-4H. The second-order valence-electron chi connectivity index (χ2n) is 4.81. The molecule has 0 fully saturated rings. The molecule has 2 aromatic carbocycles. The molecule has 0 aromatic heterocycles. The molecular weight excluding hydrogens is 799 g/mol. The highest BCUT2D eigenvalue weighted by molar-refractivity contribution is 14.1. The van der Waals surface area contributed by atoms with E-state index in [9.17, 15) is 14.4 Å². The third kappa shape index (κ3) is 3.65. The predicted molar refractivity (Wildman–Crippen MR) is 122 cm³/mol. The molecule has 3 rings (SSSR count). The van der Waals surface area contributed by atoms with E-state index in [2.05, 4.69) is 54.5 Å². The molecule has 0 unspecified atom stereocenters. The van der Waals surface area contributed by atoms with Crippen molar-refractivity contribution in [1.29, 1.82) is 0 Å². The van der Waals surface area contributed by atoms with E-state index < -0.39 is 17.8 Å². The van der Waals surface area contributed by atoms with Crippen LogP contribution in [0.15, 0.2) is 33.2 Å². The number of rotatable bonds is 2. The largest absolute Gasteiger partial charge is 0.366 e. The van der Waals surface area contributed by atoms with E-state index in [1.54, 1.807) is 6.07 Å². The molecule has 0 spiro atoms. The van der Waals surface area contributed by atoms with Gasteiger partial charge in [-0.2, -0.15) is 0 Å². The first-order chi connectivity index (χ1) is 11.7. The molecule has 1 aliphatic rings. The molecule has 128 valence electrons. The van der Waals surface area contributed by atoms with E-state index in [-0.39, 0.29) is 11.1 Å². The van der Waals surface area contributed by atoms with Gasteiger partial charge in [0.1, 0.15) is 0 Å². The highest BCUT2D eigenvalue weighted by Gasteiger charge is 2.40. The summed E-state index contributed by atoms with van der Waals surface area (Å²) >= 11 is 12.7. The summed E-state index contributed by atoms with van der Waals surface area (Å²) in [6, 6.07) is 6.69. The van der Waals surface area contributed by atoms with Gasteiger partial charge >= 0.3 is 5.97 Å². The summed E-state index contributed by atoms with van der Waals surface area (Å²) in [5.41, 5.74) is 0.687. The Kier molecular flexibility index (Phi) is 6.12. The SMILES string of the molecule is O=C(ON1C(=O)c2cc(Br)c(Br)cc2C1=O)c1c(I)ccc(I)c1I. The zero-order valence-electron chi connectivity index (χ0n) is 11.8. The van der Waals surface area contributed by atoms with E-state index >= 15 is 0 Å². The number of halogens is 5. The van der Waals surface area contributed by atoms with Crippen LogP contribution in [0.3, 0.4) is 0 Å². The quantitative estimate of drug-likeness (QED) is 0.232. The Labute approximate surface area is 199 Å². The number of amides is 2. The van der Waals surface area contributed by atoms with Crippen molar-refractivity contribution in [2.45, 2.75) is 0 Å². The molecule has 5 nitrogen and oxygen atoms in total. The molecule has 25 heavy (non-hydrogen) atoms. The van der Waals surface area contributed by atoms with Crippen molar-refractivity contribution < 1.29 is 19.2 Å². The number of hydrogen-bond acceptors (Lipinski definition) is 4. The third-order valence-corrected chi connectivity index (χ3v) is 9.11. The van der Waals surface area contributed by atoms with Gasteiger partial charge in [0.25, 0.3) is 11.8 Å². The van der Waals surface area contributed by atoms with Crippen molar-refractivity contribution >= 4 is 117 Å². The van der Waals surface area contributed by atoms with Crippen molar-refractivity contribution in [3.63, 3.8) is 0 Å². The van der Waals surface area contributed by atoms with Crippen LogP contribution >= 0.6 is 99.6 Å². The van der Waals surface area contributed by atoms with E-state index in [0.717, 1.165) is 3.57 Å². The summed E-state index contributed by atoms with van der Waals surface area (Å²) in [5.74, 6) is -2.09. The number of nitrogens with zero attached hydrogens (tertiary/aromatic N) is 1. The third-order valence-electron chi connectivity index (χ3n) is 3.31. The minimum absolute atomic E-state index is 0.180. The zero-order chi connectivity index (χ0) is 18.5. The van der Waals surface area contributed by atoms with Crippen molar-refractivity contribution in [3.05, 3.63) is 60.6 Å². The molecule has 1 aliphatic heterocycles. The van der Waals surface area contributed by atoms with Crippen molar-refractivity contribution in [2.24, 2.45) is 0 Å². The van der Waals surface area contributed by atoms with Gasteiger partial charge in [-0.3, -0.25) is 9.59 Å². The normalized spacial score (nSPS) is 13.2. The molecule has 0 saturated heterocycles. The highest BCUT2D eigenvalue weighted by Crippen LogP contribution is 2.33. The number of carbonyl (C=O) groups excluding carboxylic acids is 3. The van der Waals surface area contributed by atoms with Crippen molar-refractivity contribution in [1.82, 2.24) is 5.06 Å². The van der Waals surface area contributed by atoms with Gasteiger partial charge in [0.15, 0.2) is 0 Å². The lowest BCUT2D eigenvalue weighted by Crippen LogP contribution is -2.33. The molecule has 0 radical (unpaired) electrons. The monoisotopic (exact) mass is 801 g/mol. The second-order valence-corrected chi connectivity index (χ2v) is 9.93. The molecule has 1 heterocycles. The number of hydroxylamine groups is 2. The molecule has 2 amide bonds. The van der Waals surface area contributed by atoms with Gasteiger partial charge in [-0.1, -0.05) is 5.06 Å². The lowest BCUT2D eigenvalue weighted by molar-refractivity contribution is -0.0586. The molecule has 0 bridgehead atoms. The summed E-state index contributed by atoms with van der Waals surface area (Å²) in [6.45, 7) is 0. The van der Waals surface area contributed by atoms with Gasteiger partial charge < -0.3 is 4.84 Å². The Hall–Kier alpha value is 0.200. The first kappa shape index (κ1) is 19.9. The zero-order valence-corrected chi connectivity index (χ0v) is 21.4. The molecule has 0 aliphatic carbocycles. The van der Waals surface area contributed by atoms with Crippen LogP contribution in [0.1, 0.15) is 31.1 Å². The smallest absolute Gasteiger partial charge is 0.324 e. The number of carbonyl (C=O) groups is 3. The lowest BCUT2D eigenvalue weighted by Gasteiger charge is -2.14. The number of imide groups is 1. The van der Waals surface area contributed by atoms with Crippen molar-refractivity contribution in [3.8, 4) is 0 Å². The molecule has 0 atom stereocenters. The Morgan fingerprint density at radius 3 is 1.92 bits per heavy atom. The Morgan fingerprint density at radius 1 is 0.920 bits per heavy atom. The molecule has 0 N–H and O–H groups in total. The van der Waals surface area contributed by atoms with Gasteiger partial charge in [0.05, 0.1) is 16.7 Å². The minimum Gasteiger partial charge on any atom is -0.324 e. The van der Waals surface area contributed by atoms with E-state index in [1.807, 2.05) is 51.2 Å². The van der Waals surface area contributed by atoms with Crippen molar-refractivity contribution in [2.75, 3.05) is 0 Å². The maximum Gasteiger partial charge on any atom is 0.366 e. The van der Waals surface area contributed by atoms with Crippen LogP contribution in [-0.2, 0) is 4.84 Å². The Morgan fingerprint density at radius 2 is 1.40 bits per heavy atom. The average Bonchev–Trinajstić information content (AvgIpc) is 2.77. The number of benzene rings is 2. The van der Waals surface area contributed by atoms with Gasteiger partial charge in [0, 0.05) is 19.7 Å². The van der Waals surface area contributed by atoms with Gasteiger partial charge in [-0.25, -0.2) is 4.79 Å².